The van der Waals surface area contributed by atoms with E-state index in [1.54, 1.807) is 12.5 Å². The van der Waals surface area contributed by atoms with Crippen LogP contribution in [0.5, 0.6) is 0 Å². The molecule has 21 heavy (non-hydrogen) atoms. The molecule has 2 heterocycles. The summed E-state index contributed by atoms with van der Waals surface area (Å²) in [7, 11) is 0. The molecule has 2 saturated heterocycles. The van der Waals surface area contributed by atoms with Crippen LogP contribution >= 0.6 is 23.5 Å². The van der Waals surface area contributed by atoms with E-state index in [4.69, 9.17) is 0 Å². The van der Waals surface area contributed by atoms with Crippen molar-refractivity contribution in [2.45, 2.75) is 23.3 Å². The van der Waals surface area contributed by atoms with Gasteiger partial charge in [0.2, 0.25) is 23.6 Å². The Balaban J connectivity index is 2.09. The number of likely N-dealkylation sites (tertiary alicyclic amines) is 2. The summed E-state index contributed by atoms with van der Waals surface area (Å²) in [4.78, 5) is 49.9. The fraction of sp³-hybridized carbons (Fsp3) is 0.538. The summed E-state index contributed by atoms with van der Waals surface area (Å²) >= 11 is 2.63. The molecular formula is C13H16N2O4S2. The molecule has 0 bridgehead atoms. The molecule has 0 saturated carbocycles. The Morgan fingerprint density at radius 2 is 1.57 bits per heavy atom. The molecule has 4 amide bonds. The van der Waals surface area contributed by atoms with Crippen molar-refractivity contribution in [1.82, 2.24) is 9.80 Å². The smallest absolute Gasteiger partial charge is 0.247 e. The molecule has 0 spiro atoms. The van der Waals surface area contributed by atoms with E-state index in [0.717, 1.165) is 9.80 Å². The van der Waals surface area contributed by atoms with Crippen LogP contribution in [0.1, 0.15) is 12.8 Å². The predicted octanol–water partition coefficient (Wildman–Crippen LogP) is 0.481. The zero-order valence-electron chi connectivity index (χ0n) is 11.8. The van der Waals surface area contributed by atoms with Crippen LogP contribution in [-0.2, 0) is 19.2 Å². The van der Waals surface area contributed by atoms with Gasteiger partial charge in [-0.2, -0.15) is 23.5 Å². The Bertz CT molecular complexity index is 534. The Morgan fingerprint density at radius 1 is 1.05 bits per heavy atom. The summed E-state index contributed by atoms with van der Waals surface area (Å²) in [6, 6.07) is 0. The first-order valence-corrected chi connectivity index (χ1v) is 8.92. The van der Waals surface area contributed by atoms with Crippen LogP contribution in [0.2, 0.25) is 0 Å². The van der Waals surface area contributed by atoms with Crippen molar-refractivity contribution >= 4 is 47.2 Å². The maximum atomic E-state index is 12.1. The van der Waals surface area contributed by atoms with E-state index in [1.807, 2.05) is 0 Å². The molecular weight excluding hydrogens is 312 g/mol. The number of imide groups is 2. The van der Waals surface area contributed by atoms with Gasteiger partial charge in [0, 0.05) is 18.5 Å². The van der Waals surface area contributed by atoms with E-state index in [9.17, 15) is 19.2 Å². The Morgan fingerprint density at radius 3 is 2.05 bits per heavy atom. The molecule has 114 valence electrons. The van der Waals surface area contributed by atoms with Gasteiger partial charge in [0.25, 0.3) is 0 Å². The fourth-order valence-corrected chi connectivity index (χ4v) is 3.63. The molecule has 0 aromatic carbocycles. The maximum Gasteiger partial charge on any atom is 0.247 e. The Kier molecular flexibility index (Phi) is 4.77. The van der Waals surface area contributed by atoms with E-state index in [-0.39, 0.29) is 54.0 Å². The SMILES string of the molecule is C=C(CN1C(=O)CC(SC)C1=O)N1C(=O)CC(SC)C1=O. The van der Waals surface area contributed by atoms with Gasteiger partial charge in [-0.15, -0.1) is 0 Å². The third kappa shape index (κ3) is 2.87. The zero-order chi connectivity index (χ0) is 15.7. The number of nitrogens with zero attached hydrogens (tertiary/aromatic N) is 2. The lowest BCUT2D eigenvalue weighted by atomic mass is 10.3. The van der Waals surface area contributed by atoms with Crippen LogP contribution in [0, 0.1) is 0 Å². The van der Waals surface area contributed by atoms with E-state index >= 15 is 0 Å². The summed E-state index contributed by atoms with van der Waals surface area (Å²) in [6.07, 6.45) is 3.82. The van der Waals surface area contributed by atoms with Crippen molar-refractivity contribution in [2.75, 3.05) is 19.1 Å². The van der Waals surface area contributed by atoms with Gasteiger partial charge in [0.05, 0.1) is 17.0 Å². The largest absolute Gasteiger partial charge is 0.276 e. The minimum atomic E-state index is -0.404. The van der Waals surface area contributed by atoms with Crippen molar-refractivity contribution in [1.29, 1.82) is 0 Å². The van der Waals surface area contributed by atoms with E-state index in [1.165, 1.54) is 23.5 Å². The normalized spacial score (nSPS) is 26.2. The van der Waals surface area contributed by atoms with Crippen LogP contribution < -0.4 is 0 Å². The van der Waals surface area contributed by atoms with Gasteiger partial charge in [0.1, 0.15) is 0 Å². The predicted molar refractivity (Wildman–Crippen MR) is 81.6 cm³/mol. The van der Waals surface area contributed by atoms with Crippen LogP contribution in [0.15, 0.2) is 12.3 Å². The van der Waals surface area contributed by atoms with Gasteiger partial charge in [-0.1, -0.05) is 6.58 Å². The molecule has 8 heteroatoms. The summed E-state index contributed by atoms with van der Waals surface area (Å²) in [5, 5.41) is -0.785. The first kappa shape index (κ1) is 16.1. The molecule has 0 N–H and O–H groups in total. The fourth-order valence-electron chi connectivity index (χ4n) is 2.38. The molecule has 0 radical (unpaired) electrons. The third-order valence-corrected chi connectivity index (χ3v) is 5.41. The Hall–Kier alpha value is -1.28. The van der Waals surface area contributed by atoms with Gasteiger partial charge >= 0.3 is 0 Å². The standard InChI is InChI=1S/C13H16N2O4S2/c1-7(15-11(17)5-9(21-3)13(15)19)6-14-10(16)4-8(20-2)12(14)18/h8-9H,1,4-6H2,2-3H3. The molecule has 6 nitrogen and oxygen atoms in total. The number of carbonyl (C=O) groups excluding carboxylic acids is 4. The molecule has 2 aliphatic heterocycles. The number of amides is 4. The number of carbonyl (C=O) groups is 4. The lowest BCUT2D eigenvalue weighted by molar-refractivity contribution is -0.141. The van der Waals surface area contributed by atoms with Gasteiger partial charge < -0.3 is 0 Å². The molecule has 2 rings (SSSR count). The highest BCUT2D eigenvalue weighted by atomic mass is 32.2. The number of hydrogen-bond donors (Lipinski definition) is 0. The molecule has 2 atom stereocenters. The molecule has 0 aromatic heterocycles. The highest BCUT2D eigenvalue weighted by molar-refractivity contribution is 8.00. The third-order valence-electron chi connectivity index (χ3n) is 3.53. The lowest BCUT2D eigenvalue weighted by Gasteiger charge is -2.22. The zero-order valence-corrected chi connectivity index (χ0v) is 13.5. The average Bonchev–Trinajstić information content (AvgIpc) is 2.88. The second-order valence-electron chi connectivity index (χ2n) is 4.81. The van der Waals surface area contributed by atoms with Crippen molar-refractivity contribution in [3.8, 4) is 0 Å². The molecule has 0 aromatic rings. The summed E-state index contributed by atoms with van der Waals surface area (Å²) in [5.41, 5.74) is 0.185. The second kappa shape index (κ2) is 6.23. The van der Waals surface area contributed by atoms with Gasteiger partial charge in [-0.05, 0) is 12.5 Å². The van der Waals surface area contributed by atoms with Crippen LogP contribution in [0.4, 0.5) is 0 Å². The van der Waals surface area contributed by atoms with E-state index in [0.29, 0.717) is 0 Å². The topological polar surface area (TPSA) is 74.8 Å². The summed E-state index contributed by atoms with van der Waals surface area (Å²) in [5.74, 6) is -1.22. The molecule has 2 unspecified atom stereocenters. The van der Waals surface area contributed by atoms with Crippen LogP contribution in [0.25, 0.3) is 0 Å². The van der Waals surface area contributed by atoms with Gasteiger partial charge in [-0.25, -0.2) is 0 Å². The molecule has 0 aliphatic carbocycles. The van der Waals surface area contributed by atoms with Crippen molar-refractivity contribution in [3.05, 3.63) is 12.3 Å². The maximum absolute atomic E-state index is 12.1. The summed E-state index contributed by atoms with van der Waals surface area (Å²) in [6.45, 7) is 3.61. The van der Waals surface area contributed by atoms with Crippen molar-refractivity contribution in [3.63, 3.8) is 0 Å². The minimum absolute atomic E-state index is 0.104. The highest BCUT2D eigenvalue weighted by Crippen LogP contribution is 2.28. The van der Waals surface area contributed by atoms with Crippen LogP contribution in [0.3, 0.4) is 0 Å². The number of thioether (sulfide) groups is 2. The summed E-state index contributed by atoms with van der Waals surface area (Å²) < 4.78 is 0. The van der Waals surface area contributed by atoms with E-state index < -0.39 is 5.25 Å². The monoisotopic (exact) mass is 328 g/mol. The average molecular weight is 328 g/mol. The first-order valence-electron chi connectivity index (χ1n) is 6.35. The first-order chi connectivity index (χ1) is 9.90. The highest BCUT2D eigenvalue weighted by Gasteiger charge is 2.43. The van der Waals surface area contributed by atoms with Gasteiger partial charge in [0.15, 0.2) is 0 Å². The number of hydrogen-bond acceptors (Lipinski definition) is 6. The van der Waals surface area contributed by atoms with E-state index in [2.05, 4.69) is 6.58 Å². The van der Waals surface area contributed by atoms with Crippen molar-refractivity contribution < 1.29 is 19.2 Å². The molecule has 2 aliphatic rings. The van der Waals surface area contributed by atoms with Gasteiger partial charge in [-0.3, -0.25) is 29.0 Å². The Labute approximate surface area is 131 Å². The van der Waals surface area contributed by atoms with Crippen molar-refractivity contribution in [2.24, 2.45) is 0 Å². The second-order valence-corrected chi connectivity index (χ2v) is 6.89. The van der Waals surface area contributed by atoms with Crippen LogP contribution in [-0.4, -0.2) is 63.0 Å². The number of rotatable bonds is 5. The lowest BCUT2D eigenvalue weighted by Crippen LogP contribution is -2.39. The molecule has 2 fully saturated rings. The quantitative estimate of drug-likeness (QED) is 0.684. The minimum Gasteiger partial charge on any atom is -0.276 e.